The van der Waals surface area contributed by atoms with Gasteiger partial charge in [-0.05, 0) is 25.5 Å². The summed E-state index contributed by atoms with van der Waals surface area (Å²) in [6.07, 6.45) is 0.377. The number of nitrogens with one attached hydrogen (secondary N) is 1. The van der Waals surface area contributed by atoms with E-state index < -0.39 is 6.10 Å². The number of aliphatic hydroxyl groups excluding tert-OH is 1. The highest BCUT2D eigenvalue weighted by molar-refractivity contribution is 6.33. The van der Waals surface area contributed by atoms with Gasteiger partial charge in [-0.2, -0.15) is 0 Å². The SMILES string of the molecule is CC(O)C1CCN(C(=O)CNC(=O)c2ccccc2Cl)C1. The second-order valence-corrected chi connectivity index (χ2v) is 5.70. The summed E-state index contributed by atoms with van der Waals surface area (Å²) in [7, 11) is 0. The molecular formula is C15H19ClN2O3. The minimum atomic E-state index is -0.416. The van der Waals surface area contributed by atoms with E-state index in [4.69, 9.17) is 11.6 Å². The third kappa shape index (κ3) is 3.95. The highest BCUT2D eigenvalue weighted by atomic mass is 35.5. The molecule has 1 aromatic carbocycles. The average molecular weight is 311 g/mol. The molecule has 0 saturated carbocycles. The Morgan fingerprint density at radius 1 is 1.48 bits per heavy atom. The van der Waals surface area contributed by atoms with Crippen molar-refractivity contribution in [2.75, 3.05) is 19.6 Å². The van der Waals surface area contributed by atoms with Crippen LogP contribution in [0, 0.1) is 5.92 Å². The number of nitrogens with zero attached hydrogens (tertiary/aromatic N) is 1. The first-order chi connectivity index (χ1) is 9.99. The van der Waals surface area contributed by atoms with Gasteiger partial charge in [0.15, 0.2) is 0 Å². The van der Waals surface area contributed by atoms with Gasteiger partial charge in [-0.15, -0.1) is 0 Å². The minimum Gasteiger partial charge on any atom is -0.393 e. The largest absolute Gasteiger partial charge is 0.393 e. The van der Waals surface area contributed by atoms with E-state index in [1.807, 2.05) is 0 Å². The molecule has 1 aliphatic heterocycles. The maximum absolute atomic E-state index is 12.0. The maximum atomic E-state index is 12.0. The van der Waals surface area contributed by atoms with Crippen molar-refractivity contribution >= 4 is 23.4 Å². The lowest BCUT2D eigenvalue weighted by Crippen LogP contribution is -2.39. The van der Waals surface area contributed by atoms with Gasteiger partial charge in [0, 0.05) is 19.0 Å². The number of aliphatic hydroxyl groups is 1. The van der Waals surface area contributed by atoms with Crippen molar-refractivity contribution in [3.63, 3.8) is 0 Å². The molecule has 1 aliphatic rings. The predicted octanol–water partition coefficient (Wildman–Crippen LogP) is 1.30. The predicted molar refractivity (Wildman–Crippen MR) is 80.2 cm³/mol. The molecule has 6 heteroatoms. The van der Waals surface area contributed by atoms with Crippen molar-refractivity contribution in [2.45, 2.75) is 19.4 Å². The van der Waals surface area contributed by atoms with Crippen LogP contribution in [0.4, 0.5) is 0 Å². The fourth-order valence-electron chi connectivity index (χ4n) is 2.42. The van der Waals surface area contributed by atoms with E-state index in [0.29, 0.717) is 23.7 Å². The quantitative estimate of drug-likeness (QED) is 0.880. The number of hydrogen-bond donors (Lipinski definition) is 2. The van der Waals surface area contributed by atoms with E-state index in [1.54, 1.807) is 36.1 Å². The molecule has 0 aromatic heterocycles. The highest BCUT2D eigenvalue weighted by Gasteiger charge is 2.29. The molecule has 1 fully saturated rings. The third-order valence-corrected chi connectivity index (χ3v) is 4.11. The summed E-state index contributed by atoms with van der Waals surface area (Å²) in [5.74, 6) is -0.382. The van der Waals surface area contributed by atoms with Crippen molar-refractivity contribution in [2.24, 2.45) is 5.92 Å². The molecular weight excluding hydrogens is 292 g/mol. The van der Waals surface area contributed by atoms with Gasteiger partial charge >= 0.3 is 0 Å². The first-order valence-corrected chi connectivity index (χ1v) is 7.35. The fraction of sp³-hybridized carbons (Fsp3) is 0.467. The highest BCUT2D eigenvalue weighted by Crippen LogP contribution is 2.19. The molecule has 2 amide bonds. The van der Waals surface area contributed by atoms with Crippen LogP contribution < -0.4 is 5.32 Å². The van der Waals surface area contributed by atoms with Gasteiger partial charge in [0.05, 0.1) is 23.2 Å². The summed E-state index contributed by atoms with van der Waals surface area (Å²) in [6, 6.07) is 6.70. The maximum Gasteiger partial charge on any atom is 0.253 e. The molecule has 21 heavy (non-hydrogen) atoms. The molecule has 5 nitrogen and oxygen atoms in total. The van der Waals surface area contributed by atoms with Crippen LogP contribution in [0.2, 0.25) is 5.02 Å². The van der Waals surface area contributed by atoms with E-state index in [1.165, 1.54) is 0 Å². The van der Waals surface area contributed by atoms with Gasteiger partial charge in [-0.3, -0.25) is 9.59 Å². The van der Waals surface area contributed by atoms with Crippen molar-refractivity contribution in [1.82, 2.24) is 10.2 Å². The molecule has 0 radical (unpaired) electrons. The molecule has 1 heterocycles. The average Bonchev–Trinajstić information content (AvgIpc) is 2.95. The second-order valence-electron chi connectivity index (χ2n) is 5.29. The van der Waals surface area contributed by atoms with Gasteiger partial charge in [-0.1, -0.05) is 23.7 Å². The molecule has 2 unspecified atom stereocenters. The number of amides is 2. The van der Waals surface area contributed by atoms with Gasteiger partial charge in [0.2, 0.25) is 5.91 Å². The second kappa shape index (κ2) is 6.91. The number of halogens is 1. The van der Waals surface area contributed by atoms with Crippen LogP contribution in [-0.4, -0.2) is 47.6 Å². The Labute approximate surface area is 128 Å². The van der Waals surface area contributed by atoms with E-state index >= 15 is 0 Å². The van der Waals surface area contributed by atoms with E-state index in [0.717, 1.165) is 6.42 Å². The van der Waals surface area contributed by atoms with E-state index in [2.05, 4.69) is 5.32 Å². The lowest BCUT2D eigenvalue weighted by Gasteiger charge is -2.18. The summed E-state index contributed by atoms with van der Waals surface area (Å²) in [5, 5.41) is 12.5. The fourth-order valence-corrected chi connectivity index (χ4v) is 2.64. The first kappa shape index (κ1) is 15.8. The molecule has 2 N–H and O–H groups in total. The van der Waals surface area contributed by atoms with Gasteiger partial charge in [0.1, 0.15) is 0 Å². The van der Waals surface area contributed by atoms with Crippen molar-refractivity contribution in [3.8, 4) is 0 Å². The topological polar surface area (TPSA) is 69.6 Å². The Morgan fingerprint density at radius 3 is 2.81 bits per heavy atom. The zero-order valence-electron chi connectivity index (χ0n) is 11.9. The summed E-state index contributed by atoms with van der Waals surface area (Å²) in [4.78, 5) is 25.7. The number of rotatable bonds is 4. The Hall–Kier alpha value is -1.59. The van der Waals surface area contributed by atoms with Gasteiger partial charge < -0.3 is 15.3 Å². The molecule has 2 atom stereocenters. The van der Waals surface area contributed by atoms with Gasteiger partial charge in [-0.25, -0.2) is 0 Å². The van der Waals surface area contributed by atoms with Crippen molar-refractivity contribution in [1.29, 1.82) is 0 Å². The van der Waals surface area contributed by atoms with Crippen LogP contribution in [0.5, 0.6) is 0 Å². The molecule has 0 spiro atoms. The molecule has 0 aliphatic carbocycles. The van der Waals surface area contributed by atoms with E-state index in [-0.39, 0.29) is 24.3 Å². The number of hydrogen-bond acceptors (Lipinski definition) is 3. The summed E-state index contributed by atoms with van der Waals surface area (Å²) >= 11 is 5.93. The van der Waals surface area contributed by atoms with Crippen LogP contribution in [0.25, 0.3) is 0 Å². The van der Waals surface area contributed by atoms with Crippen LogP contribution >= 0.6 is 11.6 Å². The van der Waals surface area contributed by atoms with Crippen LogP contribution in [-0.2, 0) is 4.79 Å². The van der Waals surface area contributed by atoms with Crippen LogP contribution in [0.3, 0.4) is 0 Å². The number of carbonyl (C=O) groups is 2. The summed E-state index contributed by atoms with van der Waals surface area (Å²) < 4.78 is 0. The number of carbonyl (C=O) groups excluding carboxylic acids is 2. The summed E-state index contributed by atoms with van der Waals surface area (Å²) in [6.45, 7) is 2.84. The zero-order valence-corrected chi connectivity index (χ0v) is 12.6. The first-order valence-electron chi connectivity index (χ1n) is 6.97. The van der Waals surface area contributed by atoms with Crippen LogP contribution in [0.15, 0.2) is 24.3 Å². The van der Waals surface area contributed by atoms with Gasteiger partial charge in [0.25, 0.3) is 5.91 Å². The molecule has 2 rings (SSSR count). The molecule has 114 valence electrons. The molecule has 1 saturated heterocycles. The Bertz CT molecular complexity index is 533. The lowest BCUT2D eigenvalue weighted by molar-refractivity contribution is -0.129. The minimum absolute atomic E-state index is 0.0589. The summed E-state index contributed by atoms with van der Waals surface area (Å²) in [5.41, 5.74) is 0.357. The van der Waals surface area contributed by atoms with Crippen LogP contribution in [0.1, 0.15) is 23.7 Å². The number of likely N-dealkylation sites (tertiary alicyclic amines) is 1. The monoisotopic (exact) mass is 310 g/mol. The Balaban J connectivity index is 1.85. The zero-order chi connectivity index (χ0) is 15.4. The Kier molecular flexibility index (Phi) is 5.20. The standard InChI is InChI=1S/C15H19ClN2O3/c1-10(19)11-6-7-18(9-11)14(20)8-17-15(21)12-4-2-3-5-13(12)16/h2-5,10-11,19H,6-9H2,1H3,(H,17,21). The smallest absolute Gasteiger partial charge is 0.253 e. The lowest BCUT2D eigenvalue weighted by atomic mass is 10.0. The number of benzene rings is 1. The van der Waals surface area contributed by atoms with E-state index in [9.17, 15) is 14.7 Å². The molecule has 0 bridgehead atoms. The molecule has 1 aromatic rings. The normalized spacial score (nSPS) is 19.4. The Morgan fingerprint density at radius 2 is 2.19 bits per heavy atom. The van der Waals surface area contributed by atoms with Crippen molar-refractivity contribution < 1.29 is 14.7 Å². The van der Waals surface area contributed by atoms with Crippen molar-refractivity contribution in [3.05, 3.63) is 34.9 Å². The third-order valence-electron chi connectivity index (χ3n) is 3.78.